The fourth-order valence-electron chi connectivity index (χ4n) is 5.14. The lowest BCUT2D eigenvalue weighted by atomic mass is 10.0. The van der Waals surface area contributed by atoms with Crippen molar-refractivity contribution in [2.75, 3.05) is 17.8 Å². The van der Waals surface area contributed by atoms with E-state index in [2.05, 4.69) is 40.6 Å². The molecule has 0 spiro atoms. The maximum Gasteiger partial charge on any atom is 0.264 e. The molecule has 0 aliphatic carbocycles. The van der Waals surface area contributed by atoms with Gasteiger partial charge in [-0.15, -0.1) is 0 Å². The maximum absolute atomic E-state index is 13.4. The van der Waals surface area contributed by atoms with Gasteiger partial charge in [-0.3, -0.25) is 19.4 Å². The molecule has 1 aromatic heterocycles. The number of benzene rings is 3. The summed E-state index contributed by atoms with van der Waals surface area (Å²) in [6, 6.07) is 25.7. The Morgan fingerprint density at radius 2 is 1.57 bits per heavy atom. The molecule has 3 aromatic carbocycles. The number of nitrogens with zero attached hydrogens (tertiary/aromatic N) is 3. The van der Waals surface area contributed by atoms with Gasteiger partial charge >= 0.3 is 0 Å². The first kappa shape index (κ1) is 24.9. The molecule has 1 amide bonds. The number of nitrogens with one attached hydrogen (secondary N) is 1. The Balaban J connectivity index is 1.28. The van der Waals surface area contributed by atoms with Crippen molar-refractivity contribution in [3.8, 4) is 0 Å². The van der Waals surface area contributed by atoms with E-state index in [9.17, 15) is 13.2 Å². The Morgan fingerprint density at radius 1 is 0.892 bits per heavy atom. The molecule has 8 heteroatoms. The molecule has 190 valence electrons. The van der Waals surface area contributed by atoms with Crippen molar-refractivity contribution < 1.29 is 13.2 Å². The minimum atomic E-state index is -3.86. The molecule has 0 radical (unpaired) electrons. The standard InChI is InChI=1S/C29H30N4O3S/c1-21-18-32(20-23-8-4-3-5-9-23)19-22(2)33(21)29(34)25-13-15-26(16-14-25)31-37(35,36)27-12-6-10-24-11-7-17-30-28(24)27/h3-17,21-22,31H,18-20H2,1-2H3. The van der Waals surface area contributed by atoms with E-state index in [-0.39, 0.29) is 22.9 Å². The molecular formula is C29H30N4O3S. The highest BCUT2D eigenvalue weighted by molar-refractivity contribution is 7.93. The molecule has 0 saturated carbocycles. The quantitative estimate of drug-likeness (QED) is 0.401. The predicted molar refractivity (Wildman–Crippen MR) is 146 cm³/mol. The van der Waals surface area contributed by atoms with Gasteiger partial charge in [0.25, 0.3) is 15.9 Å². The van der Waals surface area contributed by atoms with Crippen molar-refractivity contribution in [1.29, 1.82) is 0 Å². The molecule has 1 fully saturated rings. The van der Waals surface area contributed by atoms with E-state index in [0.717, 1.165) is 25.0 Å². The Kier molecular flexibility index (Phi) is 6.95. The summed E-state index contributed by atoms with van der Waals surface area (Å²) in [7, 11) is -3.86. The molecule has 0 bridgehead atoms. The Bertz CT molecular complexity index is 1490. The first-order valence-corrected chi connectivity index (χ1v) is 13.9. The highest BCUT2D eigenvalue weighted by Gasteiger charge is 2.33. The first-order valence-electron chi connectivity index (χ1n) is 12.4. The zero-order valence-electron chi connectivity index (χ0n) is 20.9. The second-order valence-corrected chi connectivity index (χ2v) is 11.3. The molecule has 1 N–H and O–H groups in total. The first-order chi connectivity index (χ1) is 17.8. The van der Waals surface area contributed by atoms with Crippen molar-refractivity contribution in [1.82, 2.24) is 14.8 Å². The van der Waals surface area contributed by atoms with Crippen LogP contribution < -0.4 is 4.72 Å². The van der Waals surface area contributed by atoms with Crippen LogP contribution in [0.25, 0.3) is 10.9 Å². The second-order valence-electron chi connectivity index (χ2n) is 9.60. The number of anilines is 1. The van der Waals surface area contributed by atoms with Crippen molar-refractivity contribution in [3.05, 3.63) is 102 Å². The zero-order valence-corrected chi connectivity index (χ0v) is 21.7. The number of amides is 1. The topological polar surface area (TPSA) is 82.6 Å². The van der Waals surface area contributed by atoms with E-state index >= 15 is 0 Å². The Hall–Kier alpha value is -3.75. The number of aromatic nitrogens is 1. The van der Waals surface area contributed by atoms with Crippen LogP contribution in [0.3, 0.4) is 0 Å². The van der Waals surface area contributed by atoms with Crippen LogP contribution in [0.15, 0.2) is 96.0 Å². The van der Waals surface area contributed by atoms with E-state index in [1.165, 1.54) is 11.6 Å². The SMILES string of the molecule is CC1CN(Cc2ccccc2)CC(C)N1C(=O)c1ccc(NS(=O)(=O)c2cccc3cccnc23)cc1. The summed E-state index contributed by atoms with van der Waals surface area (Å²) in [5.74, 6) is -0.0491. The number of piperazine rings is 1. The van der Waals surface area contributed by atoms with Crippen molar-refractivity contribution >= 4 is 32.5 Å². The smallest absolute Gasteiger partial charge is 0.264 e. The fraction of sp³-hybridized carbons (Fsp3) is 0.241. The van der Waals surface area contributed by atoms with Crippen LogP contribution in [0.5, 0.6) is 0 Å². The Labute approximate surface area is 217 Å². The van der Waals surface area contributed by atoms with E-state index in [0.29, 0.717) is 16.8 Å². The Morgan fingerprint density at radius 3 is 2.27 bits per heavy atom. The predicted octanol–water partition coefficient (Wildman–Crippen LogP) is 4.77. The summed E-state index contributed by atoms with van der Waals surface area (Å²) in [4.78, 5) is 22.1. The van der Waals surface area contributed by atoms with Gasteiger partial charge in [-0.2, -0.15) is 0 Å². The third-order valence-electron chi connectivity index (χ3n) is 6.75. The minimum absolute atomic E-state index is 0.0491. The van der Waals surface area contributed by atoms with E-state index in [1.807, 2.05) is 35.2 Å². The lowest BCUT2D eigenvalue weighted by molar-refractivity contribution is 0.0268. The molecule has 2 heterocycles. The summed E-state index contributed by atoms with van der Waals surface area (Å²) in [5.41, 5.74) is 2.60. The summed E-state index contributed by atoms with van der Waals surface area (Å²) >= 11 is 0. The number of para-hydroxylation sites is 1. The number of hydrogen-bond donors (Lipinski definition) is 1. The van der Waals surface area contributed by atoms with Crippen LogP contribution in [0.2, 0.25) is 0 Å². The van der Waals surface area contributed by atoms with Crippen LogP contribution >= 0.6 is 0 Å². The molecule has 2 unspecified atom stereocenters. The summed E-state index contributed by atoms with van der Waals surface area (Å²) in [6.45, 7) is 6.60. The zero-order chi connectivity index (χ0) is 26.0. The number of sulfonamides is 1. The van der Waals surface area contributed by atoms with E-state index in [1.54, 1.807) is 42.6 Å². The van der Waals surface area contributed by atoms with Gasteiger partial charge in [-0.05, 0) is 55.8 Å². The lowest BCUT2D eigenvalue weighted by Crippen LogP contribution is -2.58. The van der Waals surface area contributed by atoms with Gasteiger partial charge in [-0.1, -0.05) is 48.5 Å². The molecule has 2 atom stereocenters. The van der Waals surface area contributed by atoms with Crippen LogP contribution in [-0.2, 0) is 16.6 Å². The number of fused-ring (bicyclic) bond motifs is 1. The van der Waals surface area contributed by atoms with Gasteiger partial charge in [0.05, 0.1) is 5.52 Å². The normalized spacial score (nSPS) is 18.6. The van der Waals surface area contributed by atoms with E-state index in [4.69, 9.17) is 0 Å². The lowest BCUT2D eigenvalue weighted by Gasteiger charge is -2.44. The third-order valence-corrected chi connectivity index (χ3v) is 8.16. The average molecular weight is 515 g/mol. The van der Waals surface area contributed by atoms with Gasteiger partial charge in [-0.25, -0.2) is 8.42 Å². The van der Waals surface area contributed by atoms with Crippen LogP contribution in [0, 0.1) is 0 Å². The summed E-state index contributed by atoms with van der Waals surface area (Å²) in [5, 5.41) is 0.749. The van der Waals surface area contributed by atoms with Crippen molar-refractivity contribution in [2.45, 2.75) is 37.4 Å². The molecule has 5 rings (SSSR count). The van der Waals surface area contributed by atoms with Crippen molar-refractivity contribution in [2.24, 2.45) is 0 Å². The highest BCUT2D eigenvalue weighted by Crippen LogP contribution is 2.25. The fourth-order valence-corrected chi connectivity index (χ4v) is 6.38. The number of hydrogen-bond acceptors (Lipinski definition) is 5. The summed E-state index contributed by atoms with van der Waals surface area (Å²) in [6.07, 6.45) is 1.57. The number of pyridine rings is 1. The summed E-state index contributed by atoms with van der Waals surface area (Å²) < 4.78 is 28.8. The molecule has 1 saturated heterocycles. The minimum Gasteiger partial charge on any atom is -0.331 e. The van der Waals surface area contributed by atoms with Gasteiger partial charge < -0.3 is 4.90 Å². The molecule has 4 aromatic rings. The highest BCUT2D eigenvalue weighted by atomic mass is 32.2. The van der Waals surface area contributed by atoms with Gasteiger partial charge in [0.15, 0.2) is 0 Å². The molecule has 37 heavy (non-hydrogen) atoms. The monoisotopic (exact) mass is 514 g/mol. The number of carbonyl (C=O) groups is 1. The van der Waals surface area contributed by atoms with Crippen molar-refractivity contribution in [3.63, 3.8) is 0 Å². The average Bonchev–Trinajstić information content (AvgIpc) is 2.88. The van der Waals surface area contributed by atoms with Crippen LogP contribution in [0.1, 0.15) is 29.8 Å². The van der Waals surface area contributed by atoms with E-state index < -0.39 is 10.0 Å². The second kappa shape index (κ2) is 10.3. The molecular weight excluding hydrogens is 484 g/mol. The number of rotatable bonds is 6. The largest absolute Gasteiger partial charge is 0.331 e. The molecule has 7 nitrogen and oxygen atoms in total. The third kappa shape index (κ3) is 5.35. The van der Waals surface area contributed by atoms with Gasteiger partial charge in [0, 0.05) is 54.6 Å². The van der Waals surface area contributed by atoms with Gasteiger partial charge in [0.2, 0.25) is 0 Å². The van der Waals surface area contributed by atoms with Crippen LogP contribution in [0.4, 0.5) is 5.69 Å². The molecule has 1 aliphatic rings. The van der Waals surface area contributed by atoms with Gasteiger partial charge in [0.1, 0.15) is 4.90 Å². The van der Waals surface area contributed by atoms with Crippen LogP contribution in [-0.4, -0.2) is 54.3 Å². The number of carbonyl (C=O) groups excluding carboxylic acids is 1. The maximum atomic E-state index is 13.4. The molecule has 1 aliphatic heterocycles.